The highest BCUT2D eigenvalue weighted by Gasteiger charge is 2.34. The summed E-state index contributed by atoms with van der Waals surface area (Å²) in [5.41, 5.74) is 9.99. The van der Waals surface area contributed by atoms with Crippen molar-refractivity contribution >= 4 is 24.3 Å². The average Bonchev–Trinajstić information content (AvgIpc) is 2.46. The fraction of sp³-hybridized carbons (Fsp3) is 0.250. The van der Waals surface area contributed by atoms with Gasteiger partial charge < -0.3 is 5.73 Å². The van der Waals surface area contributed by atoms with E-state index in [-0.39, 0.29) is 4.70 Å². The number of nitrogen functional groups attached to an aromatic ring is 1. The molecule has 0 radical (unpaired) electrons. The molecule has 4 N–H and O–H groups in total. The van der Waals surface area contributed by atoms with Crippen LogP contribution in [0.15, 0.2) is 51.7 Å². The zero-order chi connectivity index (χ0) is 16.0. The zero-order valence-corrected chi connectivity index (χ0v) is 13.2. The third-order valence-corrected chi connectivity index (χ3v) is 3.24. The second kappa shape index (κ2) is 6.97. The van der Waals surface area contributed by atoms with Gasteiger partial charge in [0.2, 0.25) is 0 Å². The first-order valence-corrected chi connectivity index (χ1v) is 6.69. The molecule has 1 aromatic rings. The molecule has 1 unspecified atom stereocenters. The van der Waals surface area contributed by atoms with E-state index in [4.69, 9.17) is 11.6 Å². The van der Waals surface area contributed by atoms with Crippen molar-refractivity contribution in [3.63, 3.8) is 0 Å². The molecule has 0 aromatic heterocycles. The quantitative estimate of drug-likeness (QED) is 0.218. The summed E-state index contributed by atoms with van der Waals surface area (Å²) in [7, 11) is 1.72. The van der Waals surface area contributed by atoms with E-state index in [0.717, 1.165) is 22.5 Å². The smallest absolute Gasteiger partial charge is 0.189 e. The molecule has 0 saturated heterocycles. The minimum Gasteiger partial charge on any atom is -0.399 e. The Hall–Kier alpha value is -2.24. The summed E-state index contributed by atoms with van der Waals surface area (Å²) in [5.74, 6) is 6.53. The maximum Gasteiger partial charge on any atom is 0.189 e. The number of allylic oxidation sites excluding steroid dienone is 3. The second-order valence-electron chi connectivity index (χ2n) is 4.83. The summed E-state index contributed by atoms with van der Waals surface area (Å²) in [4.78, 5) is 4.05. The summed E-state index contributed by atoms with van der Waals surface area (Å²) < 4.78 is -0.279. The zero-order valence-electron chi connectivity index (χ0n) is 13.2. The molecule has 1 atom stereocenters. The summed E-state index contributed by atoms with van der Waals surface area (Å²) >= 11 is 0. The Kier molecular flexibility index (Phi) is 5.58. The van der Waals surface area contributed by atoms with Crippen LogP contribution in [-0.4, -0.2) is 20.0 Å². The van der Waals surface area contributed by atoms with Gasteiger partial charge in [-0.15, -0.1) is 5.84 Å². The van der Waals surface area contributed by atoms with E-state index in [1.54, 1.807) is 13.3 Å². The van der Waals surface area contributed by atoms with Crippen LogP contribution in [0.3, 0.4) is 0 Å². The first-order valence-electron chi connectivity index (χ1n) is 6.69. The number of benzene rings is 1. The Morgan fingerprint density at radius 2 is 2.05 bits per heavy atom. The molecule has 0 heterocycles. The molecule has 1 aromatic carbocycles. The summed E-state index contributed by atoms with van der Waals surface area (Å²) in [6.07, 6.45) is 5.57. The number of hydrogen-bond donors (Lipinski definition) is 2. The van der Waals surface area contributed by atoms with Crippen LogP contribution in [0.4, 0.5) is 11.4 Å². The van der Waals surface area contributed by atoms with Crippen LogP contribution >= 0.6 is 0 Å². The van der Waals surface area contributed by atoms with Gasteiger partial charge in [0.15, 0.2) is 11.4 Å². The normalized spacial score (nSPS) is 16.0. The van der Waals surface area contributed by atoms with Crippen LogP contribution in [0.5, 0.6) is 0 Å². The lowest BCUT2D eigenvalue weighted by molar-refractivity contribution is 0.384. The largest absolute Gasteiger partial charge is 0.399 e. The fourth-order valence-corrected chi connectivity index (χ4v) is 2.21. The predicted octanol–water partition coefficient (Wildman–Crippen LogP) is 2.92. The van der Waals surface area contributed by atoms with E-state index in [0.29, 0.717) is 5.69 Å². The van der Waals surface area contributed by atoms with Crippen molar-refractivity contribution in [2.75, 3.05) is 12.8 Å². The lowest BCUT2D eigenvalue weighted by atomic mass is 10.1. The van der Waals surface area contributed by atoms with Crippen LogP contribution in [0, 0.1) is 6.92 Å². The molecule has 0 aliphatic rings. The van der Waals surface area contributed by atoms with Crippen LogP contribution in [-0.2, 0) is 0 Å². The van der Waals surface area contributed by atoms with E-state index in [1.807, 2.05) is 51.1 Å². The van der Waals surface area contributed by atoms with Gasteiger partial charge in [0.1, 0.15) is 0 Å². The first kappa shape index (κ1) is 16.8. The van der Waals surface area contributed by atoms with Crippen molar-refractivity contribution in [2.45, 2.75) is 20.8 Å². The highest BCUT2D eigenvalue weighted by atomic mass is 15.8. The van der Waals surface area contributed by atoms with Gasteiger partial charge >= 0.3 is 0 Å². The highest BCUT2D eigenvalue weighted by molar-refractivity contribution is 5.80. The third kappa shape index (κ3) is 3.45. The average molecular weight is 286 g/mol. The number of quaternary nitrogens is 1. The molecule has 0 bridgehead atoms. The highest BCUT2D eigenvalue weighted by Crippen LogP contribution is 2.32. The molecule has 0 saturated carbocycles. The number of aliphatic imine (C=N–C) groups is 1. The molecule has 21 heavy (non-hydrogen) atoms. The Morgan fingerprint density at radius 1 is 1.38 bits per heavy atom. The van der Waals surface area contributed by atoms with Crippen molar-refractivity contribution in [3.8, 4) is 0 Å². The molecule has 0 fully saturated rings. The van der Waals surface area contributed by atoms with Crippen molar-refractivity contribution in [1.29, 1.82) is 0 Å². The number of hydrogen-bond acceptors (Lipinski definition) is 4. The number of nitrogens with two attached hydrogens (primary N) is 2. The first-order chi connectivity index (χ1) is 9.90. The van der Waals surface area contributed by atoms with Gasteiger partial charge in [-0.05, 0) is 26.8 Å². The van der Waals surface area contributed by atoms with Crippen LogP contribution in [0.25, 0.3) is 0 Å². The van der Waals surface area contributed by atoms with Crippen LogP contribution in [0.1, 0.15) is 19.4 Å². The maximum absolute atomic E-state index is 6.53. The second-order valence-corrected chi connectivity index (χ2v) is 4.83. The predicted molar refractivity (Wildman–Crippen MR) is 93.1 cm³/mol. The van der Waals surface area contributed by atoms with E-state index in [1.165, 1.54) is 0 Å². The van der Waals surface area contributed by atoms with Gasteiger partial charge in [-0.1, -0.05) is 21.9 Å². The summed E-state index contributed by atoms with van der Waals surface area (Å²) in [6.45, 7) is 9.50. The number of rotatable bonds is 5. The van der Waals surface area contributed by atoms with Gasteiger partial charge in [0.05, 0.1) is 0 Å². The van der Waals surface area contributed by atoms with E-state index < -0.39 is 0 Å². The number of anilines is 1. The summed E-state index contributed by atoms with van der Waals surface area (Å²) in [6, 6.07) is 5.59. The molecule has 5 heteroatoms. The molecule has 5 nitrogen and oxygen atoms in total. The van der Waals surface area contributed by atoms with E-state index in [2.05, 4.69) is 16.8 Å². The fourth-order valence-electron chi connectivity index (χ4n) is 2.21. The maximum atomic E-state index is 6.53. The summed E-state index contributed by atoms with van der Waals surface area (Å²) in [5, 5.41) is 4.15. The lowest BCUT2D eigenvalue weighted by Crippen LogP contribution is -2.50. The molecule has 1 rings (SSSR count). The molecule has 0 aliphatic heterocycles. The van der Waals surface area contributed by atoms with E-state index >= 15 is 0 Å². The van der Waals surface area contributed by atoms with Gasteiger partial charge in [0.25, 0.3) is 0 Å². The van der Waals surface area contributed by atoms with Gasteiger partial charge in [-0.3, -0.25) is 4.99 Å². The standard InChI is InChI=1S/C16H24N5/c1-6-7-15(13(3)11-19-4)21(18,20-5)16-10-14(17)9-8-12(16)2/h6-11H,5,17-18H2,1-4H3/q+1/b7-6-,15-13+,19-11?. The van der Waals surface area contributed by atoms with Gasteiger partial charge in [-0.25, -0.2) is 0 Å². The molecular weight excluding hydrogens is 262 g/mol. The number of aryl methyl sites for hydroxylation is 1. The van der Waals surface area contributed by atoms with Gasteiger partial charge in [-0.2, -0.15) is 0 Å². The topological polar surface area (TPSA) is 76.8 Å². The Balaban J connectivity index is 3.66. The van der Waals surface area contributed by atoms with Crippen LogP contribution < -0.4 is 16.3 Å². The van der Waals surface area contributed by atoms with Crippen molar-refractivity contribution in [3.05, 3.63) is 47.2 Å². The molecule has 0 aliphatic carbocycles. The molecule has 0 spiro atoms. The Morgan fingerprint density at radius 3 is 2.57 bits per heavy atom. The van der Waals surface area contributed by atoms with Gasteiger partial charge in [0, 0.05) is 48.9 Å². The van der Waals surface area contributed by atoms with E-state index in [9.17, 15) is 0 Å². The van der Waals surface area contributed by atoms with Crippen molar-refractivity contribution in [2.24, 2.45) is 15.9 Å². The molecule has 0 amide bonds. The Labute approximate surface area is 126 Å². The Bertz CT molecular complexity index is 613. The minimum atomic E-state index is -0.279. The van der Waals surface area contributed by atoms with Crippen LogP contribution in [0.2, 0.25) is 0 Å². The van der Waals surface area contributed by atoms with Crippen molar-refractivity contribution in [1.82, 2.24) is 4.70 Å². The minimum absolute atomic E-state index is 0.279. The lowest BCUT2D eigenvalue weighted by Gasteiger charge is -2.27. The third-order valence-electron chi connectivity index (χ3n) is 3.24. The molecular formula is C16H24N5+. The van der Waals surface area contributed by atoms with Crippen molar-refractivity contribution < 1.29 is 0 Å². The number of nitrogens with zero attached hydrogens (tertiary/aromatic N) is 3. The SMILES string of the molecule is C=N[N+](N)(C(/C=C\C)=C(\C)C=NC)c1cc(N)ccc1C. The molecule has 112 valence electrons. The monoisotopic (exact) mass is 286 g/mol.